The molecule has 0 unspecified atom stereocenters. The monoisotopic (exact) mass is 229 g/mol. The van der Waals surface area contributed by atoms with E-state index in [-0.39, 0.29) is 0 Å². The minimum Gasteiger partial charge on any atom is -0.329 e. The summed E-state index contributed by atoms with van der Waals surface area (Å²) in [6.45, 7) is 3.92. The molecular weight excluding hydrogens is 210 g/mol. The molecule has 0 spiro atoms. The molecule has 0 aliphatic rings. The van der Waals surface area contributed by atoms with Gasteiger partial charge in [-0.3, -0.25) is 0 Å². The molecule has 1 aromatic heterocycles. The molecule has 0 radical (unpaired) electrons. The normalized spacial score (nSPS) is 10.7. The van der Waals surface area contributed by atoms with E-state index in [1.54, 1.807) is 0 Å². The summed E-state index contributed by atoms with van der Waals surface area (Å²) in [6, 6.07) is 8.79. The van der Waals surface area contributed by atoms with Gasteiger partial charge in [0.1, 0.15) is 0 Å². The van der Waals surface area contributed by atoms with Crippen molar-refractivity contribution in [1.82, 2.24) is 14.9 Å². The average Bonchev–Trinajstić information content (AvgIpc) is 2.78. The molecule has 0 aliphatic heterocycles. The Morgan fingerprint density at radius 2 is 1.88 bits per heavy atom. The van der Waals surface area contributed by atoms with Crippen LogP contribution in [0.15, 0.2) is 36.8 Å². The molecule has 1 aromatic carbocycles. The Labute approximate surface area is 103 Å². The van der Waals surface area contributed by atoms with Crippen LogP contribution in [0.2, 0.25) is 0 Å². The third-order valence-corrected chi connectivity index (χ3v) is 2.94. The maximum Gasteiger partial charge on any atom is 0.0951 e. The first-order valence-electron chi connectivity index (χ1n) is 6.05. The van der Waals surface area contributed by atoms with Gasteiger partial charge in [0.15, 0.2) is 0 Å². The fraction of sp³-hybridized carbons (Fsp3) is 0.357. The van der Waals surface area contributed by atoms with Crippen LogP contribution in [0.5, 0.6) is 0 Å². The SMILES string of the molecule is CCc1ccc(Cn2cncc2CNC)cc1. The number of hydrogen-bond acceptors (Lipinski definition) is 2. The highest BCUT2D eigenvalue weighted by atomic mass is 15.1. The summed E-state index contributed by atoms with van der Waals surface area (Å²) >= 11 is 0. The van der Waals surface area contributed by atoms with Crippen LogP contribution in [0, 0.1) is 0 Å². The second-order valence-electron chi connectivity index (χ2n) is 4.21. The van der Waals surface area contributed by atoms with Crippen LogP contribution in [0.4, 0.5) is 0 Å². The van der Waals surface area contributed by atoms with Gasteiger partial charge in [0.25, 0.3) is 0 Å². The third-order valence-electron chi connectivity index (χ3n) is 2.94. The van der Waals surface area contributed by atoms with Crippen LogP contribution < -0.4 is 5.32 Å². The molecule has 0 fully saturated rings. The third kappa shape index (κ3) is 2.94. The fourth-order valence-electron chi connectivity index (χ4n) is 1.90. The van der Waals surface area contributed by atoms with Crippen LogP contribution in [0.25, 0.3) is 0 Å². The summed E-state index contributed by atoms with van der Waals surface area (Å²) in [5.41, 5.74) is 3.92. The highest BCUT2D eigenvalue weighted by Crippen LogP contribution is 2.08. The lowest BCUT2D eigenvalue weighted by atomic mass is 10.1. The molecule has 17 heavy (non-hydrogen) atoms. The van der Waals surface area contributed by atoms with Crippen LogP contribution in [-0.4, -0.2) is 16.6 Å². The highest BCUT2D eigenvalue weighted by molar-refractivity contribution is 5.23. The zero-order valence-corrected chi connectivity index (χ0v) is 10.5. The predicted octanol–water partition coefficient (Wildman–Crippen LogP) is 2.21. The first-order chi connectivity index (χ1) is 8.33. The van der Waals surface area contributed by atoms with Crippen LogP contribution in [-0.2, 0) is 19.5 Å². The fourth-order valence-corrected chi connectivity index (χ4v) is 1.90. The Kier molecular flexibility index (Phi) is 3.94. The standard InChI is InChI=1S/C14H19N3/c1-3-12-4-6-13(7-5-12)10-17-11-16-9-14(17)8-15-2/h4-7,9,11,15H,3,8,10H2,1-2H3. The van der Waals surface area contributed by atoms with Crippen LogP contribution in [0.3, 0.4) is 0 Å². The first-order valence-corrected chi connectivity index (χ1v) is 6.05. The van der Waals surface area contributed by atoms with E-state index >= 15 is 0 Å². The molecule has 0 amide bonds. The number of aryl methyl sites for hydroxylation is 1. The molecule has 0 atom stereocenters. The molecule has 2 rings (SSSR count). The quantitative estimate of drug-likeness (QED) is 0.852. The summed E-state index contributed by atoms with van der Waals surface area (Å²) in [7, 11) is 1.95. The number of nitrogens with zero attached hydrogens (tertiary/aromatic N) is 2. The minimum absolute atomic E-state index is 0.854. The van der Waals surface area contributed by atoms with Gasteiger partial charge < -0.3 is 9.88 Å². The zero-order valence-electron chi connectivity index (χ0n) is 10.5. The molecule has 0 bridgehead atoms. The van der Waals surface area contributed by atoms with Gasteiger partial charge in [0, 0.05) is 19.3 Å². The second kappa shape index (κ2) is 5.64. The van der Waals surface area contributed by atoms with Gasteiger partial charge in [-0.2, -0.15) is 0 Å². The van der Waals surface area contributed by atoms with Crippen molar-refractivity contribution in [3.63, 3.8) is 0 Å². The Bertz CT molecular complexity index is 457. The molecular formula is C14H19N3. The lowest BCUT2D eigenvalue weighted by Crippen LogP contribution is -2.11. The average molecular weight is 229 g/mol. The van der Waals surface area contributed by atoms with Crippen molar-refractivity contribution in [2.24, 2.45) is 0 Å². The zero-order chi connectivity index (χ0) is 12.1. The minimum atomic E-state index is 0.854. The van der Waals surface area contributed by atoms with Crippen molar-refractivity contribution in [3.05, 3.63) is 53.6 Å². The molecule has 0 aliphatic carbocycles. The second-order valence-corrected chi connectivity index (χ2v) is 4.21. The summed E-state index contributed by atoms with van der Waals surface area (Å²) in [5.74, 6) is 0. The van der Waals surface area contributed by atoms with E-state index in [4.69, 9.17) is 0 Å². The number of benzene rings is 1. The van der Waals surface area contributed by atoms with E-state index < -0.39 is 0 Å². The van der Waals surface area contributed by atoms with E-state index in [1.165, 1.54) is 16.8 Å². The summed E-state index contributed by atoms with van der Waals surface area (Å²) < 4.78 is 2.18. The summed E-state index contributed by atoms with van der Waals surface area (Å²) in [5, 5.41) is 3.15. The smallest absolute Gasteiger partial charge is 0.0951 e. The van der Waals surface area contributed by atoms with E-state index in [0.29, 0.717) is 0 Å². The Balaban J connectivity index is 2.10. The van der Waals surface area contributed by atoms with Gasteiger partial charge in [0.05, 0.1) is 12.0 Å². The molecule has 2 aromatic rings. The number of imidazole rings is 1. The van der Waals surface area contributed by atoms with Crippen LogP contribution >= 0.6 is 0 Å². The summed E-state index contributed by atoms with van der Waals surface area (Å²) in [6.07, 6.45) is 4.90. The predicted molar refractivity (Wildman–Crippen MR) is 69.9 cm³/mol. The van der Waals surface area contributed by atoms with Crippen molar-refractivity contribution in [2.75, 3.05) is 7.05 Å². The molecule has 0 saturated carbocycles. The van der Waals surface area contributed by atoms with Crippen molar-refractivity contribution in [2.45, 2.75) is 26.4 Å². The highest BCUT2D eigenvalue weighted by Gasteiger charge is 2.01. The van der Waals surface area contributed by atoms with Gasteiger partial charge in [-0.25, -0.2) is 4.98 Å². The van der Waals surface area contributed by atoms with Crippen molar-refractivity contribution < 1.29 is 0 Å². The number of aromatic nitrogens is 2. The topological polar surface area (TPSA) is 29.9 Å². The van der Waals surface area contributed by atoms with Gasteiger partial charge in [-0.1, -0.05) is 31.2 Å². The maximum atomic E-state index is 4.19. The summed E-state index contributed by atoms with van der Waals surface area (Å²) in [4.78, 5) is 4.19. The maximum absolute atomic E-state index is 4.19. The first kappa shape index (κ1) is 11.9. The lowest BCUT2D eigenvalue weighted by molar-refractivity contribution is 0.692. The van der Waals surface area contributed by atoms with Gasteiger partial charge in [-0.05, 0) is 24.6 Å². The van der Waals surface area contributed by atoms with E-state index in [2.05, 4.69) is 46.1 Å². The van der Waals surface area contributed by atoms with Gasteiger partial charge >= 0.3 is 0 Å². The number of hydrogen-bond donors (Lipinski definition) is 1. The molecule has 3 nitrogen and oxygen atoms in total. The van der Waals surface area contributed by atoms with E-state index in [1.807, 2.05) is 19.6 Å². The van der Waals surface area contributed by atoms with Crippen molar-refractivity contribution >= 4 is 0 Å². The molecule has 1 N–H and O–H groups in total. The molecule has 0 saturated heterocycles. The Morgan fingerprint density at radius 1 is 1.18 bits per heavy atom. The van der Waals surface area contributed by atoms with Gasteiger partial charge in [-0.15, -0.1) is 0 Å². The van der Waals surface area contributed by atoms with Crippen molar-refractivity contribution in [3.8, 4) is 0 Å². The number of rotatable bonds is 5. The van der Waals surface area contributed by atoms with E-state index in [9.17, 15) is 0 Å². The van der Waals surface area contributed by atoms with Crippen LogP contribution in [0.1, 0.15) is 23.7 Å². The largest absolute Gasteiger partial charge is 0.329 e. The van der Waals surface area contributed by atoms with E-state index in [0.717, 1.165) is 19.5 Å². The molecule has 3 heteroatoms. The Morgan fingerprint density at radius 3 is 2.53 bits per heavy atom. The van der Waals surface area contributed by atoms with Crippen molar-refractivity contribution in [1.29, 1.82) is 0 Å². The number of nitrogens with one attached hydrogen (secondary N) is 1. The molecule has 1 heterocycles. The molecule has 90 valence electrons. The lowest BCUT2D eigenvalue weighted by Gasteiger charge is -2.08. The Hall–Kier alpha value is -1.61. The van der Waals surface area contributed by atoms with Gasteiger partial charge in [0.2, 0.25) is 0 Å².